The number of ether oxygens (including phenoxy) is 1. The van der Waals surface area contributed by atoms with Crippen molar-refractivity contribution < 1.29 is 9.84 Å². The first-order valence-corrected chi connectivity index (χ1v) is 6.92. The molecule has 5 heteroatoms. The number of aliphatic hydroxyl groups excluding tert-OH is 1. The monoisotopic (exact) mass is 273 g/mol. The second-order valence-electron chi connectivity index (χ2n) is 5.31. The SMILES string of the molecule is Cc1nnc(N2CC(C)OC(CO)C2)c2ccccc12. The molecule has 2 aromatic rings. The third-order valence-electron chi connectivity index (χ3n) is 3.68. The Morgan fingerprint density at radius 1 is 1.25 bits per heavy atom. The fraction of sp³-hybridized carbons (Fsp3) is 0.467. The van der Waals surface area contributed by atoms with Crippen molar-refractivity contribution >= 4 is 16.6 Å². The zero-order valence-electron chi connectivity index (χ0n) is 11.8. The summed E-state index contributed by atoms with van der Waals surface area (Å²) in [6.45, 7) is 5.41. The average Bonchev–Trinajstić information content (AvgIpc) is 2.47. The third kappa shape index (κ3) is 2.34. The number of fused-ring (bicyclic) bond motifs is 1. The Morgan fingerprint density at radius 2 is 2.00 bits per heavy atom. The van der Waals surface area contributed by atoms with E-state index in [0.717, 1.165) is 28.8 Å². The van der Waals surface area contributed by atoms with E-state index in [1.165, 1.54) is 0 Å². The number of benzene rings is 1. The fourth-order valence-electron chi connectivity index (χ4n) is 2.78. The van der Waals surface area contributed by atoms with Crippen molar-refractivity contribution in [1.82, 2.24) is 10.2 Å². The molecule has 2 atom stereocenters. The number of morpholine rings is 1. The van der Waals surface area contributed by atoms with Gasteiger partial charge in [0.25, 0.3) is 0 Å². The molecule has 20 heavy (non-hydrogen) atoms. The van der Waals surface area contributed by atoms with Crippen LogP contribution < -0.4 is 4.90 Å². The van der Waals surface area contributed by atoms with Gasteiger partial charge in [-0.05, 0) is 13.8 Å². The van der Waals surface area contributed by atoms with E-state index in [4.69, 9.17) is 4.74 Å². The lowest BCUT2D eigenvalue weighted by Crippen LogP contribution is -2.48. The van der Waals surface area contributed by atoms with E-state index in [1.807, 2.05) is 26.0 Å². The highest BCUT2D eigenvalue weighted by Crippen LogP contribution is 2.27. The molecule has 1 aromatic carbocycles. The van der Waals surface area contributed by atoms with Crippen LogP contribution in [-0.4, -0.2) is 47.2 Å². The number of nitrogens with zero attached hydrogens (tertiary/aromatic N) is 3. The Balaban J connectivity index is 2.03. The van der Waals surface area contributed by atoms with E-state index in [0.29, 0.717) is 6.54 Å². The molecule has 3 rings (SSSR count). The Bertz CT molecular complexity index is 617. The molecule has 0 saturated carbocycles. The predicted octanol–water partition coefficient (Wildman–Crippen LogP) is 1.52. The number of anilines is 1. The molecule has 0 radical (unpaired) electrons. The quantitative estimate of drug-likeness (QED) is 0.899. The number of hydrogen-bond donors (Lipinski definition) is 1. The molecule has 1 aromatic heterocycles. The van der Waals surface area contributed by atoms with Crippen LogP contribution in [0.3, 0.4) is 0 Å². The van der Waals surface area contributed by atoms with Crippen molar-refractivity contribution in [3.63, 3.8) is 0 Å². The number of aliphatic hydroxyl groups is 1. The van der Waals surface area contributed by atoms with E-state index in [9.17, 15) is 5.11 Å². The largest absolute Gasteiger partial charge is 0.394 e. The highest BCUT2D eigenvalue weighted by molar-refractivity contribution is 5.93. The van der Waals surface area contributed by atoms with Crippen molar-refractivity contribution in [1.29, 1.82) is 0 Å². The summed E-state index contributed by atoms with van der Waals surface area (Å²) in [6.07, 6.45) is -0.0941. The lowest BCUT2D eigenvalue weighted by molar-refractivity contribution is -0.0422. The molecule has 2 unspecified atom stereocenters. The number of rotatable bonds is 2. The number of aromatic nitrogens is 2. The molecule has 0 amide bonds. The van der Waals surface area contributed by atoms with Gasteiger partial charge in [0, 0.05) is 23.9 Å². The van der Waals surface area contributed by atoms with Crippen LogP contribution in [0.1, 0.15) is 12.6 Å². The van der Waals surface area contributed by atoms with Crippen LogP contribution in [0.4, 0.5) is 5.82 Å². The van der Waals surface area contributed by atoms with E-state index in [2.05, 4.69) is 27.2 Å². The van der Waals surface area contributed by atoms with Gasteiger partial charge in [0.05, 0.1) is 24.5 Å². The maximum atomic E-state index is 9.34. The minimum Gasteiger partial charge on any atom is -0.394 e. The Labute approximate surface area is 118 Å². The first kappa shape index (κ1) is 13.3. The van der Waals surface area contributed by atoms with Gasteiger partial charge in [-0.3, -0.25) is 0 Å². The van der Waals surface area contributed by atoms with Gasteiger partial charge in [-0.1, -0.05) is 24.3 Å². The van der Waals surface area contributed by atoms with E-state index >= 15 is 0 Å². The normalized spacial score (nSPS) is 23.2. The number of hydrogen-bond acceptors (Lipinski definition) is 5. The average molecular weight is 273 g/mol. The first-order chi connectivity index (χ1) is 9.69. The molecule has 1 fully saturated rings. The molecule has 1 saturated heterocycles. The van der Waals surface area contributed by atoms with Crippen molar-refractivity contribution in [2.45, 2.75) is 26.1 Å². The van der Waals surface area contributed by atoms with Crippen molar-refractivity contribution in [2.75, 3.05) is 24.6 Å². The molecule has 0 aliphatic carbocycles. The zero-order valence-corrected chi connectivity index (χ0v) is 11.8. The van der Waals surface area contributed by atoms with Crippen LogP contribution in [0.5, 0.6) is 0 Å². The summed E-state index contributed by atoms with van der Waals surface area (Å²) in [7, 11) is 0. The summed E-state index contributed by atoms with van der Waals surface area (Å²) < 4.78 is 5.68. The summed E-state index contributed by atoms with van der Waals surface area (Å²) in [5.74, 6) is 0.875. The van der Waals surface area contributed by atoms with Crippen LogP contribution in [0.2, 0.25) is 0 Å². The Morgan fingerprint density at radius 3 is 2.75 bits per heavy atom. The van der Waals surface area contributed by atoms with Gasteiger partial charge in [0.2, 0.25) is 0 Å². The predicted molar refractivity (Wildman–Crippen MR) is 77.9 cm³/mol. The summed E-state index contributed by atoms with van der Waals surface area (Å²) in [5, 5.41) is 20.2. The van der Waals surface area contributed by atoms with Crippen LogP contribution in [-0.2, 0) is 4.74 Å². The van der Waals surface area contributed by atoms with Crippen molar-refractivity contribution in [3.05, 3.63) is 30.0 Å². The van der Waals surface area contributed by atoms with Crippen LogP contribution in [0.15, 0.2) is 24.3 Å². The zero-order chi connectivity index (χ0) is 14.1. The van der Waals surface area contributed by atoms with Crippen molar-refractivity contribution in [3.8, 4) is 0 Å². The Hall–Kier alpha value is -1.72. The van der Waals surface area contributed by atoms with Crippen LogP contribution in [0.25, 0.3) is 10.8 Å². The first-order valence-electron chi connectivity index (χ1n) is 6.92. The second-order valence-corrected chi connectivity index (χ2v) is 5.31. The lowest BCUT2D eigenvalue weighted by Gasteiger charge is -2.37. The van der Waals surface area contributed by atoms with Crippen molar-refractivity contribution in [2.24, 2.45) is 0 Å². The molecule has 1 N–H and O–H groups in total. The van der Waals surface area contributed by atoms with E-state index < -0.39 is 0 Å². The van der Waals surface area contributed by atoms with E-state index in [1.54, 1.807) is 0 Å². The van der Waals surface area contributed by atoms with Gasteiger partial charge < -0.3 is 14.7 Å². The summed E-state index contributed by atoms with van der Waals surface area (Å²) in [4.78, 5) is 2.16. The highest BCUT2D eigenvalue weighted by Gasteiger charge is 2.27. The van der Waals surface area contributed by atoms with Gasteiger partial charge >= 0.3 is 0 Å². The highest BCUT2D eigenvalue weighted by atomic mass is 16.5. The van der Waals surface area contributed by atoms with Gasteiger partial charge in [-0.25, -0.2) is 0 Å². The third-order valence-corrected chi connectivity index (χ3v) is 3.68. The molecular formula is C15H19N3O2. The molecule has 2 heterocycles. The molecule has 106 valence electrons. The lowest BCUT2D eigenvalue weighted by atomic mass is 10.1. The minimum atomic E-state index is -0.166. The molecule has 0 spiro atoms. The van der Waals surface area contributed by atoms with Crippen LogP contribution >= 0.6 is 0 Å². The standard InChI is InChI=1S/C15H19N3O2/c1-10-7-18(8-12(9-19)20-10)15-14-6-4-3-5-13(14)11(2)16-17-15/h3-6,10,12,19H,7-9H2,1-2H3. The number of aryl methyl sites for hydroxylation is 1. The Kier molecular flexibility index (Phi) is 3.54. The maximum Gasteiger partial charge on any atom is 0.159 e. The molecule has 1 aliphatic rings. The smallest absolute Gasteiger partial charge is 0.159 e. The molecular weight excluding hydrogens is 254 g/mol. The van der Waals surface area contributed by atoms with E-state index in [-0.39, 0.29) is 18.8 Å². The second kappa shape index (κ2) is 5.34. The van der Waals surface area contributed by atoms with Gasteiger partial charge in [-0.15, -0.1) is 5.10 Å². The molecule has 1 aliphatic heterocycles. The molecule has 0 bridgehead atoms. The molecule has 5 nitrogen and oxygen atoms in total. The fourth-order valence-corrected chi connectivity index (χ4v) is 2.78. The van der Waals surface area contributed by atoms with Crippen LogP contribution in [0, 0.1) is 6.92 Å². The van der Waals surface area contributed by atoms with Gasteiger partial charge in [0.1, 0.15) is 0 Å². The topological polar surface area (TPSA) is 58.5 Å². The summed E-state index contributed by atoms with van der Waals surface area (Å²) in [5.41, 5.74) is 0.935. The minimum absolute atomic E-state index is 0.0259. The maximum absolute atomic E-state index is 9.34. The van der Waals surface area contributed by atoms with Gasteiger partial charge in [0.15, 0.2) is 5.82 Å². The summed E-state index contributed by atoms with van der Waals surface area (Å²) >= 11 is 0. The van der Waals surface area contributed by atoms with Gasteiger partial charge in [-0.2, -0.15) is 5.10 Å². The summed E-state index contributed by atoms with van der Waals surface area (Å²) in [6, 6.07) is 8.16.